The van der Waals surface area contributed by atoms with E-state index in [0.29, 0.717) is 11.3 Å². The molecule has 2 N–H and O–H groups in total. The average molecular weight is 408 g/mol. The van der Waals surface area contributed by atoms with Crippen molar-refractivity contribution in [2.24, 2.45) is 7.05 Å². The van der Waals surface area contributed by atoms with E-state index >= 15 is 0 Å². The zero-order chi connectivity index (χ0) is 21.3. The monoisotopic (exact) mass is 408 g/mol. The molecule has 1 atom stereocenters. The molecule has 8 heteroatoms. The van der Waals surface area contributed by atoms with Gasteiger partial charge in [-0.05, 0) is 48.4 Å². The van der Waals surface area contributed by atoms with Gasteiger partial charge in [-0.15, -0.1) is 0 Å². The molecule has 3 aromatic rings. The Morgan fingerprint density at radius 3 is 2.80 bits per heavy atom. The van der Waals surface area contributed by atoms with E-state index in [-0.39, 0.29) is 25.3 Å². The average Bonchev–Trinajstić information content (AvgIpc) is 3.20. The third kappa shape index (κ3) is 4.03. The summed E-state index contributed by atoms with van der Waals surface area (Å²) in [5.74, 6) is -1.08. The number of halogens is 1. The Labute approximate surface area is 172 Å². The van der Waals surface area contributed by atoms with Gasteiger partial charge >= 0.3 is 6.03 Å². The summed E-state index contributed by atoms with van der Waals surface area (Å²) in [6.45, 7) is -0.0117. The number of hydrogen-bond donors (Lipinski definition) is 2. The van der Waals surface area contributed by atoms with Gasteiger partial charge in [0.2, 0.25) is 5.91 Å². The number of urea groups is 1. The van der Waals surface area contributed by atoms with Crippen molar-refractivity contribution in [3.8, 4) is 0 Å². The lowest BCUT2D eigenvalue weighted by Gasteiger charge is -2.13. The molecule has 1 aromatic heterocycles. The van der Waals surface area contributed by atoms with Crippen molar-refractivity contribution in [3.63, 3.8) is 0 Å². The lowest BCUT2D eigenvalue weighted by atomic mass is 10.1. The Balaban J connectivity index is 1.33. The quantitative estimate of drug-likeness (QED) is 0.615. The number of fused-ring (bicyclic) bond motifs is 1. The fourth-order valence-corrected chi connectivity index (χ4v) is 3.60. The van der Waals surface area contributed by atoms with Crippen LogP contribution in [0.4, 0.5) is 14.9 Å². The zero-order valence-corrected chi connectivity index (χ0v) is 16.4. The number of nitrogens with one attached hydrogen (secondary N) is 2. The number of nitrogens with zero attached hydrogens (tertiary/aromatic N) is 2. The molecule has 0 unspecified atom stereocenters. The Kier molecular flexibility index (Phi) is 5.22. The molecule has 30 heavy (non-hydrogen) atoms. The van der Waals surface area contributed by atoms with Crippen molar-refractivity contribution >= 4 is 34.4 Å². The van der Waals surface area contributed by atoms with Crippen LogP contribution >= 0.6 is 0 Å². The zero-order valence-electron chi connectivity index (χ0n) is 16.4. The van der Waals surface area contributed by atoms with Gasteiger partial charge in [0.05, 0.1) is 6.54 Å². The van der Waals surface area contributed by atoms with E-state index in [1.807, 2.05) is 42.1 Å². The van der Waals surface area contributed by atoms with Crippen molar-refractivity contribution in [2.45, 2.75) is 25.4 Å². The molecule has 1 aliphatic rings. The number of rotatable bonds is 6. The number of benzene rings is 2. The second kappa shape index (κ2) is 7.98. The molecule has 0 spiro atoms. The summed E-state index contributed by atoms with van der Waals surface area (Å²) in [6.07, 6.45) is 2.21. The maximum absolute atomic E-state index is 13.3. The minimum absolute atomic E-state index is 0.0117. The molecular weight excluding hydrogens is 387 g/mol. The summed E-state index contributed by atoms with van der Waals surface area (Å²) in [4.78, 5) is 38.0. The van der Waals surface area contributed by atoms with Gasteiger partial charge in [0.25, 0.3) is 5.91 Å². The second-order valence-corrected chi connectivity index (χ2v) is 7.34. The van der Waals surface area contributed by atoms with Crippen LogP contribution in [0.3, 0.4) is 0 Å². The number of hydrogen-bond acceptors (Lipinski definition) is 3. The van der Waals surface area contributed by atoms with E-state index in [1.165, 1.54) is 18.2 Å². The molecule has 0 bridgehead atoms. The Hall–Kier alpha value is -3.68. The first-order valence-corrected chi connectivity index (χ1v) is 9.62. The van der Waals surface area contributed by atoms with E-state index in [9.17, 15) is 18.8 Å². The third-order valence-electron chi connectivity index (χ3n) is 5.17. The van der Waals surface area contributed by atoms with Crippen LogP contribution in [0.2, 0.25) is 0 Å². The van der Waals surface area contributed by atoms with E-state index in [0.717, 1.165) is 15.8 Å². The number of anilines is 1. The standard InChI is InChI=1S/C22H21FN4O3/c1-26-10-9-15-12-17(5-7-19(15)26)24-20(28)8-6-18-21(29)27(22(30)25-18)13-14-3-2-4-16(23)11-14/h2-5,7,9-12,18H,6,8,13H2,1H3,(H,24,28)(H,25,30)/t18-/m0/s1. The Morgan fingerprint density at radius 1 is 1.17 bits per heavy atom. The highest BCUT2D eigenvalue weighted by molar-refractivity contribution is 6.04. The number of aromatic nitrogens is 1. The van der Waals surface area contributed by atoms with Crippen LogP contribution in [0.1, 0.15) is 18.4 Å². The van der Waals surface area contributed by atoms with Crippen LogP contribution in [0.15, 0.2) is 54.7 Å². The predicted octanol–water partition coefficient (Wildman–Crippen LogP) is 3.16. The van der Waals surface area contributed by atoms with Crippen molar-refractivity contribution in [1.29, 1.82) is 0 Å². The summed E-state index contributed by atoms with van der Waals surface area (Å²) >= 11 is 0. The molecule has 154 valence electrons. The molecule has 1 fully saturated rings. The Bertz CT molecular complexity index is 1140. The SMILES string of the molecule is Cn1ccc2cc(NC(=O)CC[C@@H]3NC(=O)N(Cc4cccc(F)c4)C3=O)ccc21. The highest BCUT2D eigenvalue weighted by Crippen LogP contribution is 2.20. The van der Waals surface area contributed by atoms with Crippen molar-refractivity contribution in [1.82, 2.24) is 14.8 Å². The van der Waals surface area contributed by atoms with Crippen LogP contribution in [-0.4, -0.2) is 33.4 Å². The molecule has 2 aromatic carbocycles. The van der Waals surface area contributed by atoms with Crippen LogP contribution in [0, 0.1) is 5.82 Å². The molecule has 7 nitrogen and oxygen atoms in total. The largest absolute Gasteiger partial charge is 0.351 e. The van der Waals surface area contributed by atoms with Gasteiger partial charge in [-0.25, -0.2) is 9.18 Å². The molecule has 4 rings (SSSR count). The lowest BCUT2D eigenvalue weighted by molar-refractivity contribution is -0.128. The highest BCUT2D eigenvalue weighted by atomic mass is 19.1. The molecule has 1 aliphatic heterocycles. The molecule has 2 heterocycles. The molecule has 0 aliphatic carbocycles. The fraction of sp³-hybridized carbons (Fsp3) is 0.227. The van der Waals surface area contributed by atoms with Gasteiger partial charge in [-0.3, -0.25) is 14.5 Å². The number of imide groups is 1. The molecule has 4 amide bonds. The first-order valence-electron chi connectivity index (χ1n) is 9.62. The maximum atomic E-state index is 13.3. The van der Waals surface area contributed by atoms with E-state index in [4.69, 9.17) is 0 Å². The van der Waals surface area contributed by atoms with Crippen LogP contribution in [0.5, 0.6) is 0 Å². The highest BCUT2D eigenvalue weighted by Gasteiger charge is 2.37. The summed E-state index contributed by atoms with van der Waals surface area (Å²) in [6, 6.07) is 12.0. The summed E-state index contributed by atoms with van der Waals surface area (Å²) in [7, 11) is 1.95. The van der Waals surface area contributed by atoms with Gasteiger partial charge in [0, 0.05) is 36.3 Å². The Morgan fingerprint density at radius 2 is 2.00 bits per heavy atom. The molecule has 0 saturated carbocycles. The van der Waals surface area contributed by atoms with Crippen LogP contribution in [-0.2, 0) is 23.2 Å². The smallest absolute Gasteiger partial charge is 0.325 e. The maximum Gasteiger partial charge on any atom is 0.325 e. The summed E-state index contributed by atoms with van der Waals surface area (Å²) in [5, 5.41) is 6.43. The topological polar surface area (TPSA) is 83.4 Å². The number of aryl methyl sites for hydroxylation is 1. The molecule has 1 saturated heterocycles. The molecular formula is C22H21FN4O3. The first-order chi connectivity index (χ1) is 14.4. The fourth-order valence-electron chi connectivity index (χ4n) is 3.60. The van der Waals surface area contributed by atoms with Gasteiger partial charge in [-0.1, -0.05) is 12.1 Å². The first kappa shape index (κ1) is 19.6. The number of carbonyl (C=O) groups is 3. The van der Waals surface area contributed by atoms with Crippen molar-refractivity contribution in [2.75, 3.05) is 5.32 Å². The van der Waals surface area contributed by atoms with Gasteiger partial charge in [0.1, 0.15) is 11.9 Å². The van der Waals surface area contributed by atoms with Crippen LogP contribution < -0.4 is 10.6 Å². The third-order valence-corrected chi connectivity index (χ3v) is 5.17. The van der Waals surface area contributed by atoms with Crippen molar-refractivity contribution in [3.05, 3.63) is 66.1 Å². The minimum Gasteiger partial charge on any atom is -0.351 e. The van der Waals surface area contributed by atoms with Crippen molar-refractivity contribution < 1.29 is 18.8 Å². The molecule has 0 radical (unpaired) electrons. The minimum atomic E-state index is -0.770. The second-order valence-electron chi connectivity index (χ2n) is 7.34. The lowest BCUT2D eigenvalue weighted by Crippen LogP contribution is -2.31. The van der Waals surface area contributed by atoms with Gasteiger partial charge in [0.15, 0.2) is 0 Å². The summed E-state index contributed by atoms with van der Waals surface area (Å²) < 4.78 is 15.3. The van der Waals surface area contributed by atoms with E-state index < -0.39 is 23.8 Å². The van der Waals surface area contributed by atoms with Crippen LogP contribution in [0.25, 0.3) is 10.9 Å². The van der Waals surface area contributed by atoms with Gasteiger partial charge in [-0.2, -0.15) is 0 Å². The van der Waals surface area contributed by atoms with E-state index in [1.54, 1.807) is 6.07 Å². The number of amides is 4. The normalized spacial score (nSPS) is 16.2. The predicted molar refractivity (Wildman–Crippen MR) is 110 cm³/mol. The van der Waals surface area contributed by atoms with E-state index in [2.05, 4.69) is 10.6 Å². The van der Waals surface area contributed by atoms with Gasteiger partial charge < -0.3 is 15.2 Å². The summed E-state index contributed by atoms with van der Waals surface area (Å²) in [5.41, 5.74) is 2.26. The number of carbonyl (C=O) groups excluding carboxylic acids is 3.